The first kappa shape index (κ1) is 19.8. The van der Waals surface area contributed by atoms with Gasteiger partial charge in [-0.1, -0.05) is 35.6 Å². The number of benzene rings is 2. The average Bonchev–Trinajstić information content (AvgIpc) is 3.33. The van der Waals surface area contributed by atoms with Gasteiger partial charge in [-0.15, -0.1) is 10.2 Å². The fraction of sp³-hybridized carbons (Fsp3) is 0.348. The number of nitrogens with zero attached hydrogens (tertiary/aromatic N) is 3. The van der Waals surface area contributed by atoms with Crippen molar-refractivity contribution in [2.45, 2.75) is 24.9 Å². The van der Waals surface area contributed by atoms with Crippen LogP contribution >= 0.6 is 11.3 Å². The largest absolute Gasteiger partial charge is 0.496 e. The summed E-state index contributed by atoms with van der Waals surface area (Å²) in [6.45, 7) is 1.59. The highest BCUT2D eigenvalue weighted by Crippen LogP contribution is 2.37. The number of rotatable bonds is 4. The third-order valence-electron chi connectivity index (χ3n) is 5.72. The van der Waals surface area contributed by atoms with Crippen molar-refractivity contribution >= 4 is 17.2 Å². The molecule has 160 valence electrons. The Balaban J connectivity index is 1.21. The number of methoxy groups -OCH3 is 1. The minimum Gasteiger partial charge on any atom is -0.496 e. The SMILES string of the molecule is COc1ccccc1-c1nnc(C2CCN(C(=O)C3COc4ccccc4O3)CC2)s1. The van der Waals surface area contributed by atoms with Crippen LogP contribution in [0, 0.1) is 0 Å². The molecule has 5 rings (SSSR count). The monoisotopic (exact) mass is 437 g/mol. The lowest BCUT2D eigenvalue weighted by molar-refractivity contribution is -0.142. The average molecular weight is 438 g/mol. The molecule has 3 aromatic rings. The van der Waals surface area contributed by atoms with E-state index in [0.717, 1.165) is 34.2 Å². The second kappa shape index (κ2) is 8.55. The van der Waals surface area contributed by atoms with Crippen LogP contribution in [-0.2, 0) is 4.79 Å². The summed E-state index contributed by atoms with van der Waals surface area (Å²) in [6.07, 6.45) is 1.12. The standard InChI is InChI=1S/C23H23N3O4S/c1-28-17-7-3-2-6-16(17)22-25-24-21(31-22)15-10-12-26(13-11-15)23(27)20-14-29-18-8-4-5-9-19(18)30-20/h2-9,15,20H,10-14H2,1H3. The van der Waals surface area contributed by atoms with Crippen molar-refractivity contribution in [2.24, 2.45) is 0 Å². The molecule has 0 bridgehead atoms. The van der Waals surface area contributed by atoms with E-state index in [1.54, 1.807) is 18.4 Å². The second-order valence-corrected chi connectivity index (χ2v) is 8.62. The molecule has 3 heterocycles. The molecule has 2 aliphatic heterocycles. The first-order valence-corrected chi connectivity index (χ1v) is 11.2. The molecule has 8 heteroatoms. The molecule has 1 atom stereocenters. The van der Waals surface area contributed by atoms with Gasteiger partial charge in [0.15, 0.2) is 16.5 Å². The number of para-hydroxylation sites is 3. The molecule has 1 saturated heterocycles. The Bertz CT molecular complexity index is 1080. The molecular formula is C23H23N3O4S. The fourth-order valence-electron chi connectivity index (χ4n) is 4.02. The fourth-order valence-corrected chi connectivity index (χ4v) is 5.06. The number of carbonyl (C=O) groups excluding carboxylic acids is 1. The summed E-state index contributed by atoms with van der Waals surface area (Å²) < 4.78 is 17.0. The maximum absolute atomic E-state index is 12.9. The minimum atomic E-state index is -0.592. The molecule has 1 unspecified atom stereocenters. The number of fused-ring (bicyclic) bond motifs is 1. The molecule has 31 heavy (non-hydrogen) atoms. The van der Waals surface area contributed by atoms with Gasteiger partial charge in [0.25, 0.3) is 5.91 Å². The normalized spacial score (nSPS) is 18.6. The minimum absolute atomic E-state index is 0.0140. The van der Waals surface area contributed by atoms with E-state index in [2.05, 4.69) is 10.2 Å². The van der Waals surface area contributed by atoms with Crippen LogP contribution < -0.4 is 14.2 Å². The van der Waals surface area contributed by atoms with Crippen molar-refractivity contribution in [2.75, 3.05) is 26.8 Å². The summed E-state index contributed by atoms with van der Waals surface area (Å²) >= 11 is 1.60. The lowest BCUT2D eigenvalue weighted by Gasteiger charge is -2.34. The van der Waals surface area contributed by atoms with E-state index in [4.69, 9.17) is 14.2 Å². The van der Waals surface area contributed by atoms with E-state index < -0.39 is 6.10 Å². The van der Waals surface area contributed by atoms with Crippen molar-refractivity contribution in [1.82, 2.24) is 15.1 Å². The maximum atomic E-state index is 12.9. The van der Waals surface area contributed by atoms with Crippen LogP contribution in [0.1, 0.15) is 23.8 Å². The van der Waals surface area contributed by atoms with Crippen molar-refractivity contribution in [3.8, 4) is 27.8 Å². The van der Waals surface area contributed by atoms with Crippen LogP contribution in [-0.4, -0.2) is 53.9 Å². The van der Waals surface area contributed by atoms with Gasteiger partial charge in [0.2, 0.25) is 6.10 Å². The number of aromatic nitrogens is 2. The van der Waals surface area contributed by atoms with Crippen LogP contribution in [0.3, 0.4) is 0 Å². The summed E-state index contributed by atoms with van der Waals surface area (Å²) in [5.74, 6) is 2.39. The molecule has 1 fully saturated rings. The second-order valence-electron chi connectivity index (χ2n) is 7.61. The zero-order valence-corrected chi connectivity index (χ0v) is 18.0. The van der Waals surface area contributed by atoms with Gasteiger partial charge in [-0.25, -0.2) is 0 Å². The van der Waals surface area contributed by atoms with E-state index in [1.807, 2.05) is 53.4 Å². The topological polar surface area (TPSA) is 73.8 Å². The van der Waals surface area contributed by atoms with E-state index >= 15 is 0 Å². The zero-order chi connectivity index (χ0) is 21.2. The number of hydrogen-bond acceptors (Lipinski definition) is 7. The van der Waals surface area contributed by atoms with Gasteiger partial charge in [0, 0.05) is 19.0 Å². The van der Waals surface area contributed by atoms with Crippen molar-refractivity contribution in [3.05, 3.63) is 53.5 Å². The van der Waals surface area contributed by atoms with Crippen LogP contribution in [0.4, 0.5) is 0 Å². The molecule has 2 aromatic carbocycles. The number of hydrogen-bond donors (Lipinski definition) is 0. The molecule has 0 radical (unpaired) electrons. The van der Waals surface area contributed by atoms with Gasteiger partial charge >= 0.3 is 0 Å². The lowest BCUT2D eigenvalue weighted by atomic mass is 9.97. The first-order chi connectivity index (χ1) is 15.2. The molecule has 2 aliphatic rings. The van der Waals surface area contributed by atoms with E-state index in [-0.39, 0.29) is 12.5 Å². The number of amides is 1. The quantitative estimate of drug-likeness (QED) is 0.619. The van der Waals surface area contributed by atoms with Crippen molar-refractivity contribution in [1.29, 1.82) is 0 Å². The van der Waals surface area contributed by atoms with E-state index in [1.165, 1.54) is 0 Å². The zero-order valence-electron chi connectivity index (χ0n) is 17.2. The maximum Gasteiger partial charge on any atom is 0.267 e. The van der Waals surface area contributed by atoms with Gasteiger partial charge in [-0.3, -0.25) is 4.79 Å². The summed E-state index contributed by atoms with van der Waals surface area (Å²) in [4.78, 5) is 14.8. The molecule has 1 amide bonds. The summed E-state index contributed by atoms with van der Waals surface area (Å²) in [5.41, 5.74) is 0.955. The third kappa shape index (κ3) is 3.95. The third-order valence-corrected chi connectivity index (χ3v) is 6.84. The van der Waals surface area contributed by atoms with Crippen molar-refractivity contribution in [3.63, 3.8) is 0 Å². The highest BCUT2D eigenvalue weighted by molar-refractivity contribution is 7.14. The Labute approximate surface area is 184 Å². The predicted octanol–water partition coefficient (Wildman–Crippen LogP) is 3.76. The van der Waals surface area contributed by atoms with Crippen LogP contribution in [0.2, 0.25) is 0 Å². The molecule has 7 nitrogen and oxygen atoms in total. The highest BCUT2D eigenvalue weighted by Gasteiger charge is 2.34. The Morgan fingerprint density at radius 3 is 2.61 bits per heavy atom. The lowest BCUT2D eigenvalue weighted by Crippen LogP contribution is -2.48. The van der Waals surface area contributed by atoms with Crippen LogP contribution in [0.25, 0.3) is 10.6 Å². The molecular weight excluding hydrogens is 414 g/mol. The van der Waals surface area contributed by atoms with Crippen LogP contribution in [0.15, 0.2) is 48.5 Å². The van der Waals surface area contributed by atoms with Gasteiger partial charge in [0.05, 0.1) is 12.7 Å². The molecule has 0 spiro atoms. The van der Waals surface area contributed by atoms with E-state index in [9.17, 15) is 4.79 Å². The van der Waals surface area contributed by atoms with Gasteiger partial charge in [-0.05, 0) is 37.1 Å². The molecule has 0 saturated carbocycles. The molecule has 1 aromatic heterocycles. The van der Waals surface area contributed by atoms with E-state index in [0.29, 0.717) is 30.5 Å². The van der Waals surface area contributed by atoms with Gasteiger partial charge in [0.1, 0.15) is 17.4 Å². The Morgan fingerprint density at radius 2 is 1.81 bits per heavy atom. The smallest absolute Gasteiger partial charge is 0.267 e. The summed E-state index contributed by atoms with van der Waals surface area (Å²) in [5, 5.41) is 10.7. The Morgan fingerprint density at radius 1 is 1.06 bits per heavy atom. The van der Waals surface area contributed by atoms with Crippen molar-refractivity contribution < 1.29 is 19.0 Å². The molecule has 0 N–H and O–H groups in total. The number of likely N-dealkylation sites (tertiary alicyclic amines) is 1. The molecule has 0 aliphatic carbocycles. The highest BCUT2D eigenvalue weighted by atomic mass is 32.1. The summed E-state index contributed by atoms with van der Waals surface area (Å²) in [7, 11) is 1.66. The Kier molecular flexibility index (Phi) is 5.46. The first-order valence-electron chi connectivity index (χ1n) is 10.4. The number of piperidine rings is 1. The Hall–Kier alpha value is -3.13. The summed E-state index contributed by atoms with van der Waals surface area (Å²) in [6, 6.07) is 15.3. The number of carbonyl (C=O) groups is 1. The number of ether oxygens (including phenoxy) is 3. The van der Waals surface area contributed by atoms with Gasteiger partial charge < -0.3 is 19.1 Å². The van der Waals surface area contributed by atoms with Crippen LogP contribution in [0.5, 0.6) is 17.2 Å². The van der Waals surface area contributed by atoms with Gasteiger partial charge in [-0.2, -0.15) is 0 Å². The predicted molar refractivity (Wildman–Crippen MR) is 117 cm³/mol.